The Morgan fingerprint density at radius 2 is 1.93 bits per heavy atom. The summed E-state index contributed by atoms with van der Waals surface area (Å²) < 4.78 is 0. The van der Waals surface area contributed by atoms with Crippen molar-refractivity contribution in [3.05, 3.63) is 35.4 Å². The third kappa shape index (κ3) is 2.58. The molecule has 1 heteroatoms. The molecule has 1 N–H and O–H groups in total. The zero-order chi connectivity index (χ0) is 10.8. The second-order valence-corrected chi connectivity index (χ2v) is 4.87. The van der Waals surface area contributed by atoms with Crippen LogP contribution in [0.25, 0.3) is 0 Å². The minimum atomic E-state index is -0.381. The second-order valence-electron chi connectivity index (χ2n) is 4.87. The van der Waals surface area contributed by atoms with Crippen molar-refractivity contribution < 1.29 is 5.11 Å². The van der Waals surface area contributed by atoms with Crippen LogP contribution in [0.4, 0.5) is 0 Å². The molecule has 0 spiro atoms. The molecule has 0 aliphatic rings. The molecule has 1 unspecified atom stereocenters. The molecule has 0 saturated carbocycles. The average Bonchev–Trinajstić information content (AvgIpc) is 2.15. The van der Waals surface area contributed by atoms with Gasteiger partial charge in [0, 0.05) is 0 Å². The zero-order valence-corrected chi connectivity index (χ0v) is 9.54. The van der Waals surface area contributed by atoms with Crippen LogP contribution in [0.15, 0.2) is 24.3 Å². The third-order valence-corrected chi connectivity index (χ3v) is 2.50. The summed E-state index contributed by atoms with van der Waals surface area (Å²) in [4.78, 5) is 0. The lowest BCUT2D eigenvalue weighted by atomic mass is 9.84. The number of hydrogen-bond acceptors (Lipinski definition) is 1. The highest BCUT2D eigenvalue weighted by Gasteiger charge is 2.23. The topological polar surface area (TPSA) is 20.2 Å². The van der Waals surface area contributed by atoms with Gasteiger partial charge in [-0.3, -0.25) is 0 Å². The summed E-state index contributed by atoms with van der Waals surface area (Å²) in [5.41, 5.74) is 2.22. The predicted octanol–water partition coefficient (Wildman–Crippen LogP) is 3.33. The highest BCUT2D eigenvalue weighted by molar-refractivity contribution is 5.26. The number of hydrogen-bond donors (Lipinski definition) is 1. The molecule has 0 fully saturated rings. The Morgan fingerprint density at radius 3 is 2.43 bits per heavy atom. The Kier molecular flexibility index (Phi) is 3.33. The molecule has 0 bridgehead atoms. The van der Waals surface area contributed by atoms with Crippen LogP contribution in [-0.4, -0.2) is 5.11 Å². The molecule has 1 atom stereocenters. The molecular formula is C13H20O. The Hall–Kier alpha value is -0.820. The fourth-order valence-electron chi connectivity index (χ4n) is 1.48. The minimum absolute atomic E-state index is 0.0909. The van der Waals surface area contributed by atoms with Gasteiger partial charge in [0.1, 0.15) is 0 Å². The molecule has 78 valence electrons. The summed E-state index contributed by atoms with van der Waals surface area (Å²) >= 11 is 0. The van der Waals surface area contributed by atoms with Crippen LogP contribution < -0.4 is 0 Å². The van der Waals surface area contributed by atoms with Crippen LogP contribution >= 0.6 is 0 Å². The Bertz CT molecular complexity index is 296. The van der Waals surface area contributed by atoms with Crippen LogP contribution in [0.3, 0.4) is 0 Å². The molecule has 0 radical (unpaired) electrons. The number of benzene rings is 1. The number of aliphatic hydroxyl groups excluding tert-OH is 1. The van der Waals surface area contributed by atoms with Gasteiger partial charge in [0.2, 0.25) is 0 Å². The van der Waals surface area contributed by atoms with Gasteiger partial charge in [-0.2, -0.15) is 0 Å². The molecule has 1 aromatic carbocycles. The van der Waals surface area contributed by atoms with E-state index in [1.165, 1.54) is 5.56 Å². The van der Waals surface area contributed by atoms with Crippen LogP contribution in [0, 0.1) is 5.41 Å². The van der Waals surface area contributed by atoms with Crippen LogP contribution in [0.5, 0.6) is 0 Å². The molecule has 0 amide bonds. The molecule has 0 heterocycles. The van der Waals surface area contributed by atoms with E-state index in [1.54, 1.807) is 0 Å². The van der Waals surface area contributed by atoms with Gasteiger partial charge in [0.05, 0.1) is 6.10 Å². The van der Waals surface area contributed by atoms with Crippen molar-refractivity contribution in [3.8, 4) is 0 Å². The van der Waals surface area contributed by atoms with E-state index < -0.39 is 0 Å². The number of rotatable bonds is 2. The molecule has 14 heavy (non-hydrogen) atoms. The lowest BCUT2D eigenvalue weighted by Gasteiger charge is -2.26. The first-order valence-corrected chi connectivity index (χ1v) is 5.22. The van der Waals surface area contributed by atoms with Gasteiger partial charge in [0.15, 0.2) is 0 Å². The first-order chi connectivity index (χ1) is 6.45. The minimum Gasteiger partial charge on any atom is -0.388 e. The molecule has 1 aromatic rings. The van der Waals surface area contributed by atoms with Crippen LogP contribution in [0.1, 0.15) is 44.9 Å². The van der Waals surface area contributed by atoms with E-state index >= 15 is 0 Å². The van der Waals surface area contributed by atoms with Crippen molar-refractivity contribution in [1.29, 1.82) is 0 Å². The SMILES string of the molecule is CCc1cccc(C(O)C(C)(C)C)c1. The molecule has 1 rings (SSSR count). The van der Waals surface area contributed by atoms with Crippen molar-refractivity contribution in [2.45, 2.75) is 40.2 Å². The van der Waals surface area contributed by atoms with E-state index in [1.807, 2.05) is 12.1 Å². The molecule has 1 nitrogen and oxygen atoms in total. The highest BCUT2D eigenvalue weighted by Crippen LogP contribution is 2.32. The largest absolute Gasteiger partial charge is 0.388 e. The lowest BCUT2D eigenvalue weighted by molar-refractivity contribution is 0.0626. The summed E-state index contributed by atoms with van der Waals surface area (Å²) in [5, 5.41) is 10.1. The van der Waals surface area contributed by atoms with Crippen molar-refractivity contribution in [1.82, 2.24) is 0 Å². The van der Waals surface area contributed by atoms with E-state index in [0.717, 1.165) is 12.0 Å². The molecule has 0 saturated heterocycles. The number of aryl methyl sites for hydroxylation is 1. The maximum atomic E-state index is 10.1. The molecular weight excluding hydrogens is 172 g/mol. The van der Waals surface area contributed by atoms with Crippen LogP contribution in [-0.2, 0) is 6.42 Å². The standard InChI is InChI=1S/C13H20O/c1-5-10-7-6-8-11(9-10)12(14)13(2,3)4/h6-9,12,14H,5H2,1-4H3. The summed E-state index contributed by atoms with van der Waals surface area (Å²) in [6.45, 7) is 8.28. The van der Waals surface area contributed by atoms with Crippen molar-refractivity contribution >= 4 is 0 Å². The highest BCUT2D eigenvalue weighted by atomic mass is 16.3. The van der Waals surface area contributed by atoms with E-state index in [-0.39, 0.29) is 11.5 Å². The van der Waals surface area contributed by atoms with Crippen molar-refractivity contribution in [3.63, 3.8) is 0 Å². The molecule has 0 aromatic heterocycles. The van der Waals surface area contributed by atoms with E-state index in [9.17, 15) is 5.11 Å². The summed E-state index contributed by atoms with van der Waals surface area (Å²) in [5.74, 6) is 0. The zero-order valence-electron chi connectivity index (χ0n) is 9.54. The Balaban J connectivity index is 2.95. The van der Waals surface area contributed by atoms with Gasteiger partial charge in [-0.05, 0) is 23.0 Å². The van der Waals surface area contributed by atoms with E-state index in [0.29, 0.717) is 0 Å². The normalized spacial score (nSPS) is 14.1. The average molecular weight is 192 g/mol. The van der Waals surface area contributed by atoms with Gasteiger partial charge in [-0.25, -0.2) is 0 Å². The van der Waals surface area contributed by atoms with E-state index in [2.05, 4.69) is 39.8 Å². The maximum absolute atomic E-state index is 10.1. The summed E-state index contributed by atoms with van der Waals surface area (Å²) in [6, 6.07) is 8.20. The Labute approximate surface area is 86.8 Å². The number of aliphatic hydroxyl groups is 1. The quantitative estimate of drug-likeness (QED) is 0.762. The monoisotopic (exact) mass is 192 g/mol. The Morgan fingerprint density at radius 1 is 1.29 bits per heavy atom. The summed E-state index contributed by atoms with van der Waals surface area (Å²) in [7, 11) is 0. The lowest BCUT2D eigenvalue weighted by Crippen LogP contribution is -2.17. The van der Waals surface area contributed by atoms with Gasteiger partial charge in [-0.15, -0.1) is 0 Å². The van der Waals surface area contributed by atoms with Gasteiger partial charge < -0.3 is 5.11 Å². The first-order valence-electron chi connectivity index (χ1n) is 5.22. The third-order valence-electron chi connectivity index (χ3n) is 2.50. The van der Waals surface area contributed by atoms with Gasteiger partial charge in [-0.1, -0.05) is 52.0 Å². The fraction of sp³-hybridized carbons (Fsp3) is 0.538. The summed E-state index contributed by atoms with van der Waals surface area (Å²) in [6.07, 6.45) is 0.638. The fourth-order valence-corrected chi connectivity index (χ4v) is 1.48. The molecule has 0 aliphatic heterocycles. The predicted molar refractivity (Wildman–Crippen MR) is 60.2 cm³/mol. The molecule has 0 aliphatic carbocycles. The first kappa shape index (κ1) is 11.3. The van der Waals surface area contributed by atoms with Crippen molar-refractivity contribution in [2.75, 3.05) is 0 Å². The van der Waals surface area contributed by atoms with E-state index in [4.69, 9.17) is 0 Å². The van der Waals surface area contributed by atoms with Gasteiger partial charge in [0.25, 0.3) is 0 Å². The second kappa shape index (κ2) is 4.14. The van der Waals surface area contributed by atoms with Crippen molar-refractivity contribution in [2.24, 2.45) is 5.41 Å². The maximum Gasteiger partial charge on any atom is 0.0838 e. The van der Waals surface area contributed by atoms with Gasteiger partial charge >= 0.3 is 0 Å². The smallest absolute Gasteiger partial charge is 0.0838 e. The van der Waals surface area contributed by atoms with Crippen LogP contribution in [0.2, 0.25) is 0 Å².